The molecule has 4 nitrogen and oxygen atoms in total. The molecule has 0 aliphatic rings. The monoisotopic (exact) mass is 263 g/mol. The Bertz CT molecular complexity index is 543. The lowest BCUT2D eigenvalue weighted by atomic mass is 10.0. The lowest BCUT2D eigenvalue weighted by molar-refractivity contribution is 0.103. The fourth-order valence-corrected chi connectivity index (χ4v) is 2.09. The van der Waals surface area contributed by atoms with E-state index in [1.54, 1.807) is 6.92 Å². The minimum atomic E-state index is -0.677. The zero-order chi connectivity index (χ0) is 13.9. The van der Waals surface area contributed by atoms with Crippen molar-refractivity contribution in [2.24, 2.45) is 0 Å². The molecule has 1 heterocycles. The number of para-hydroxylation sites is 1. The van der Waals surface area contributed by atoms with Gasteiger partial charge in [-0.25, -0.2) is 0 Å². The zero-order valence-corrected chi connectivity index (χ0v) is 11.4. The topological polar surface area (TPSA) is 65.6 Å². The van der Waals surface area contributed by atoms with E-state index in [2.05, 4.69) is 12.2 Å². The summed E-state index contributed by atoms with van der Waals surface area (Å²) in [6.45, 7) is 4.19. The van der Waals surface area contributed by atoms with Crippen LogP contribution in [0.5, 0.6) is 0 Å². The number of aliphatic hydroxyl groups excluding tert-OH is 2. The summed E-state index contributed by atoms with van der Waals surface area (Å²) in [5.74, 6) is 0.951. The van der Waals surface area contributed by atoms with Gasteiger partial charge in [-0.15, -0.1) is 0 Å². The molecule has 0 bridgehead atoms. The van der Waals surface area contributed by atoms with Crippen LogP contribution in [0.4, 0.5) is 0 Å². The van der Waals surface area contributed by atoms with Gasteiger partial charge in [0.05, 0.1) is 18.8 Å². The molecule has 4 heteroatoms. The number of aliphatic hydroxyl groups is 2. The van der Waals surface area contributed by atoms with Crippen molar-refractivity contribution >= 4 is 11.0 Å². The van der Waals surface area contributed by atoms with Crippen LogP contribution in [-0.2, 0) is 13.0 Å². The molecular weight excluding hydrogens is 242 g/mol. The molecule has 3 N–H and O–H groups in total. The fourth-order valence-electron chi connectivity index (χ4n) is 2.09. The average molecular weight is 263 g/mol. The number of fused-ring (bicyclic) bond motifs is 1. The van der Waals surface area contributed by atoms with Gasteiger partial charge in [-0.05, 0) is 13.0 Å². The predicted octanol–water partition coefficient (Wildman–Crippen LogP) is 1.83. The predicted molar refractivity (Wildman–Crippen MR) is 75.0 cm³/mol. The van der Waals surface area contributed by atoms with Crippen molar-refractivity contribution in [3.05, 3.63) is 35.6 Å². The van der Waals surface area contributed by atoms with Gasteiger partial charge in [0, 0.05) is 23.9 Å². The number of furan rings is 1. The molecule has 0 radical (unpaired) electrons. The molecule has 0 amide bonds. The first-order chi connectivity index (χ1) is 9.13. The van der Waals surface area contributed by atoms with Gasteiger partial charge in [-0.1, -0.05) is 25.1 Å². The van der Waals surface area contributed by atoms with E-state index in [4.69, 9.17) is 4.42 Å². The summed E-state index contributed by atoms with van der Waals surface area (Å²) in [7, 11) is 0. The first kappa shape index (κ1) is 14.1. The van der Waals surface area contributed by atoms with Gasteiger partial charge < -0.3 is 19.9 Å². The summed E-state index contributed by atoms with van der Waals surface area (Å²) in [6.07, 6.45) is 0.820. The third-order valence-electron chi connectivity index (χ3n) is 3.49. The summed E-state index contributed by atoms with van der Waals surface area (Å²) in [4.78, 5) is 0. The molecule has 2 aromatic rings. The molecule has 19 heavy (non-hydrogen) atoms. The van der Waals surface area contributed by atoms with E-state index >= 15 is 0 Å². The van der Waals surface area contributed by atoms with Crippen molar-refractivity contribution in [2.45, 2.75) is 32.4 Å². The van der Waals surface area contributed by atoms with Crippen LogP contribution in [-0.4, -0.2) is 29.0 Å². The largest absolute Gasteiger partial charge is 0.461 e. The molecule has 1 aromatic carbocycles. The zero-order valence-electron chi connectivity index (χ0n) is 11.4. The number of rotatable bonds is 6. The molecule has 0 atom stereocenters. The van der Waals surface area contributed by atoms with Crippen LogP contribution in [0.1, 0.15) is 25.2 Å². The second-order valence-corrected chi connectivity index (χ2v) is 5.08. The standard InChI is InChI=1S/C15H21NO3/c1-3-13-12(8-16-15(2,9-17)10-18)11-6-4-5-7-14(11)19-13/h4-7,16-18H,3,8-10H2,1-2H3. The van der Waals surface area contributed by atoms with E-state index < -0.39 is 5.54 Å². The summed E-state index contributed by atoms with van der Waals surface area (Å²) in [5.41, 5.74) is 1.31. The van der Waals surface area contributed by atoms with Gasteiger partial charge in [0.15, 0.2) is 0 Å². The van der Waals surface area contributed by atoms with Crippen molar-refractivity contribution in [3.8, 4) is 0 Å². The van der Waals surface area contributed by atoms with Crippen LogP contribution in [0, 0.1) is 0 Å². The molecule has 0 spiro atoms. The summed E-state index contributed by atoms with van der Waals surface area (Å²) < 4.78 is 5.82. The van der Waals surface area contributed by atoms with E-state index in [0.29, 0.717) is 6.54 Å². The molecular formula is C15H21NO3. The Morgan fingerprint density at radius 2 is 1.89 bits per heavy atom. The minimum Gasteiger partial charge on any atom is -0.461 e. The first-order valence-electron chi connectivity index (χ1n) is 6.59. The number of hydrogen-bond acceptors (Lipinski definition) is 4. The van der Waals surface area contributed by atoms with Crippen molar-refractivity contribution in [2.75, 3.05) is 13.2 Å². The number of benzene rings is 1. The Kier molecular flexibility index (Phi) is 4.24. The second kappa shape index (κ2) is 5.74. The van der Waals surface area contributed by atoms with Gasteiger partial charge in [0.2, 0.25) is 0 Å². The summed E-state index contributed by atoms with van der Waals surface area (Å²) in [6, 6.07) is 7.92. The molecule has 2 rings (SSSR count). The Hall–Kier alpha value is -1.36. The number of hydrogen-bond donors (Lipinski definition) is 3. The Labute approximate surface area is 113 Å². The number of aryl methyl sites for hydroxylation is 1. The Balaban J connectivity index is 2.29. The molecule has 0 saturated carbocycles. The Morgan fingerprint density at radius 1 is 1.21 bits per heavy atom. The molecule has 104 valence electrons. The third kappa shape index (κ3) is 2.81. The lowest BCUT2D eigenvalue weighted by Gasteiger charge is -2.26. The Morgan fingerprint density at radius 3 is 2.53 bits per heavy atom. The normalized spacial score (nSPS) is 12.2. The highest BCUT2D eigenvalue weighted by molar-refractivity contribution is 5.82. The third-order valence-corrected chi connectivity index (χ3v) is 3.49. The molecule has 0 aliphatic carbocycles. The van der Waals surface area contributed by atoms with Gasteiger partial charge in [0.1, 0.15) is 11.3 Å². The highest BCUT2D eigenvalue weighted by Crippen LogP contribution is 2.26. The van der Waals surface area contributed by atoms with Crippen LogP contribution in [0.3, 0.4) is 0 Å². The summed E-state index contributed by atoms with van der Waals surface area (Å²) >= 11 is 0. The van der Waals surface area contributed by atoms with Gasteiger partial charge in [0.25, 0.3) is 0 Å². The molecule has 0 unspecified atom stereocenters. The average Bonchev–Trinajstić information content (AvgIpc) is 2.82. The van der Waals surface area contributed by atoms with E-state index in [-0.39, 0.29) is 13.2 Å². The van der Waals surface area contributed by atoms with Gasteiger partial charge >= 0.3 is 0 Å². The van der Waals surface area contributed by atoms with Crippen LogP contribution in [0.15, 0.2) is 28.7 Å². The van der Waals surface area contributed by atoms with Gasteiger partial charge in [-0.3, -0.25) is 0 Å². The highest BCUT2D eigenvalue weighted by Gasteiger charge is 2.23. The fraction of sp³-hybridized carbons (Fsp3) is 0.467. The molecule has 0 aliphatic heterocycles. The maximum Gasteiger partial charge on any atom is 0.134 e. The van der Waals surface area contributed by atoms with Crippen molar-refractivity contribution < 1.29 is 14.6 Å². The van der Waals surface area contributed by atoms with Gasteiger partial charge in [-0.2, -0.15) is 0 Å². The van der Waals surface area contributed by atoms with Crippen molar-refractivity contribution in [1.82, 2.24) is 5.32 Å². The maximum atomic E-state index is 9.31. The highest BCUT2D eigenvalue weighted by atomic mass is 16.3. The maximum absolute atomic E-state index is 9.31. The van der Waals surface area contributed by atoms with Crippen molar-refractivity contribution in [3.63, 3.8) is 0 Å². The minimum absolute atomic E-state index is 0.110. The quantitative estimate of drug-likeness (QED) is 0.744. The van der Waals surface area contributed by atoms with E-state index in [0.717, 1.165) is 28.7 Å². The van der Waals surface area contributed by atoms with E-state index in [9.17, 15) is 10.2 Å². The smallest absolute Gasteiger partial charge is 0.134 e. The summed E-state index contributed by atoms with van der Waals surface area (Å²) in [5, 5.41) is 22.9. The van der Waals surface area contributed by atoms with E-state index in [1.807, 2.05) is 24.3 Å². The van der Waals surface area contributed by atoms with Crippen LogP contribution >= 0.6 is 0 Å². The lowest BCUT2D eigenvalue weighted by Crippen LogP contribution is -2.48. The SMILES string of the molecule is CCc1oc2ccccc2c1CNC(C)(CO)CO. The number of nitrogens with one attached hydrogen (secondary N) is 1. The first-order valence-corrected chi connectivity index (χ1v) is 6.59. The van der Waals surface area contributed by atoms with Crippen LogP contribution < -0.4 is 5.32 Å². The second-order valence-electron chi connectivity index (χ2n) is 5.08. The molecule has 1 aromatic heterocycles. The van der Waals surface area contributed by atoms with Crippen LogP contribution in [0.2, 0.25) is 0 Å². The van der Waals surface area contributed by atoms with Crippen molar-refractivity contribution in [1.29, 1.82) is 0 Å². The van der Waals surface area contributed by atoms with Crippen LogP contribution in [0.25, 0.3) is 11.0 Å². The van der Waals surface area contributed by atoms with E-state index in [1.165, 1.54) is 0 Å². The molecule has 0 saturated heterocycles. The molecule has 0 fully saturated rings.